The van der Waals surface area contributed by atoms with Crippen molar-refractivity contribution in [3.8, 4) is 0 Å². The van der Waals surface area contributed by atoms with E-state index in [1.165, 1.54) is 0 Å². The highest BCUT2D eigenvalue weighted by Gasteiger charge is 2.19. The Morgan fingerprint density at radius 3 is 2.47 bits per heavy atom. The quantitative estimate of drug-likeness (QED) is 0.679. The number of rotatable bonds is 8. The van der Waals surface area contributed by atoms with E-state index in [9.17, 15) is 4.39 Å². The van der Waals surface area contributed by atoms with Crippen molar-refractivity contribution in [1.29, 1.82) is 0 Å². The van der Waals surface area contributed by atoms with Crippen LogP contribution in [0, 0.1) is 11.7 Å². The van der Waals surface area contributed by atoms with Gasteiger partial charge in [0.05, 0.1) is 5.02 Å². The molecule has 1 unspecified atom stereocenters. The van der Waals surface area contributed by atoms with Crippen LogP contribution in [0.25, 0.3) is 0 Å². The third kappa shape index (κ3) is 4.77. The van der Waals surface area contributed by atoms with E-state index in [-0.39, 0.29) is 16.9 Å². The van der Waals surface area contributed by atoms with Crippen molar-refractivity contribution in [3.05, 3.63) is 34.6 Å². The van der Waals surface area contributed by atoms with Crippen LogP contribution in [0.1, 0.15) is 58.1 Å². The average Bonchev–Trinajstić information content (AvgIpc) is 2.43. The Labute approximate surface area is 121 Å². The summed E-state index contributed by atoms with van der Waals surface area (Å²) in [5.74, 6) is 0.344. The van der Waals surface area contributed by atoms with E-state index < -0.39 is 0 Å². The summed E-state index contributed by atoms with van der Waals surface area (Å²) in [6.45, 7) is 7.41. The lowest BCUT2D eigenvalue weighted by atomic mass is 9.91. The van der Waals surface area contributed by atoms with Crippen molar-refractivity contribution in [2.45, 2.75) is 52.5 Å². The molecule has 1 atom stereocenters. The summed E-state index contributed by atoms with van der Waals surface area (Å²) in [4.78, 5) is 0. The molecule has 0 radical (unpaired) electrons. The van der Waals surface area contributed by atoms with Gasteiger partial charge < -0.3 is 5.32 Å². The lowest BCUT2D eigenvalue weighted by molar-refractivity contribution is 0.364. The SMILES string of the molecule is CCCNC(CC(CC)CC)c1cccc(Cl)c1F. The first-order valence-electron chi connectivity index (χ1n) is 7.31. The van der Waals surface area contributed by atoms with Gasteiger partial charge in [0, 0.05) is 11.6 Å². The second kappa shape index (κ2) is 8.55. The van der Waals surface area contributed by atoms with Crippen molar-refractivity contribution in [1.82, 2.24) is 5.32 Å². The average molecular weight is 286 g/mol. The molecule has 0 amide bonds. The number of nitrogens with one attached hydrogen (secondary N) is 1. The maximum Gasteiger partial charge on any atom is 0.146 e. The van der Waals surface area contributed by atoms with E-state index in [4.69, 9.17) is 11.6 Å². The van der Waals surface area contributed by atoms with Crippen LogP contribution in [-0.4, -0.2) is 6.54 Å². The van der Waals surface area contributed by atoms with Gasteiger partial charge in [0.2, 0.25) is 0 Å². The van der Waals surface area contributed by atoms with Crippen LogP contribution in [0.2, 0.25) is 5.02 Å². The van der Waals surface area contributed by atoms with Crippen LogP contribution in [0.5, 0.6) is 0 Å². The zero-order valence-electron chi connectivity index (χ0n) is 12.2. The van der Waals surface area contributed by atoms with E-state index >= 15 is 0 Å². The lowest BCUT2D eigenvalue weighted by Crippen LogP contribution is -2.25. The summed E-state index contributed by atoms with van der Waals surface area (Å²) in [5.41, 5.74) is 0.702. The minimum atomic E-state index is -0.274. The third-order valence-corrected chi connectivity index (χ3v) is 4.01. The van der Waals surface area contributed by atoms with Gasteiger partial charge in [0.15, 0.2) is 0 Å². The Morgan fingerprint density at radius 2 is 1.89 bits per heavy atom. The molecule has 0 spiro atoms. The first-order chi connectivity index (χ1) is 9.13. The first-order valence-corrected chi connectivity index (χ1v) is 7.69. The number of halogens is 2. The lowest BCUT2D eigenvalue weighted by Gasteiger charge is -2.24. The van der Waals surface area contributed by atoms with Gasteiger partial charge in [-0.25, -0.2) is 4.39 Å². The summed E-state index contributed by atoms with van der Waals surface area (Å²) < 4.78 is 14.2. The standard InChI is InChI=1S/C16H25ClFN/c1-4-10-19-15(11-12(5-2)6-3)13-8-7-9-14(17)16(13)18/h7-9,12,15,19H,4-6,10-11H2,1-3H3. The van der Waals surface area contributed by atoms with E-state index in [0.29, 0.717) is 11.5 Å². The molecular formula is C16H25ClFN. The van der Waals surface area contributed by atoms with Crippen molar-refractivity contribution in [2.75, 3.05) is 6.54 Å². The molecule has 1 rings (SSSR count). The zero-order chi connectivity index (χ0) is 14.3. The van der Waals surface area contributed by atoms with E-state index in [1.807, 2.05) is 12.1 Å². The van der Waals surface area contributed by atoms with Crippen molar-refractivity contribution < 1.29 is 4.39 Å². The van der Waals surface area contributed by atoms with Crippen molar-refractivity contribution >= 4 is 11.6 Å². The molecule has 19 heavy (non-hydrogen) atoms. The minimum absolute atomic E-state index is 0.0588. The molecule has 0 aliphatic heterocycles. The largest absolute Gasteiger partial charge is 0.310 e. The molecule has 3 heteroatoms. The second-order valence-electron chi connectivity index (χ2n) is 5.07. The Balaban J connectivity index is 2.91. The molecule has 0 fully saturated rings. The van der Waals surface area contributed by atoms with Crippen molar-refractivity contribution in [2.24, 2.45) is 5.92 Å². The summed E-state index contributed by atoms with van der Waals surface area (Å²) >= 11 is 5.89. The minimum Gasteiger partial charge on any atom is -0.310 e. The normalized spacial score (nSPS) is 12.9. The van der Waals surface area contributed by atoms with Gasteiger partial charge in [-0.05, 0) is 31.4 Å². The molecule has 0 aliphatic rings. The van der Waals surface area contributed by atoms with Crippen LogP contribution in [0.3, 0.4) is 0 Å². The Kier molecular flexibility index (Phi) is 7.40. The molecule has 0 bridgehead atoms. The predicted molar refractivity (Wildman–Crippen MR) is 81.1 cm³/mol. The van der Waals surface area contributed by atoms with E-state index in [1.54, 1.807) is 6.07 Å². The number of benzene rings is 1. The molecule has 1 aromatic rings. The van der Waals surface area contributed by atoms with Gasteiger partial charge in [0.25, 0.3) is 0 Å². The highest BCUT2D eigenvalue weighted by atomic mass is 35.5. The molecule has 1 aromatic carbocycles. The molecule has 0 saturated heterocycles. The molecule has 0 aromatic heterocycles. The fourth-order valence-corrected chi connectivity index (χ4v) is 2.57. The maximum absolute atomic E-state index is 14.2. The highest BCUT2D eigenvalue weighted by molar-refractivity contribution is 6.30. The van der Waals surface area contributed by atoms with Gasteiger partial charge in [-0.2, -0.15) is 0 Å². The fraction of sp³-hybridized carbons (Fsp3) is 0.625. The van der Waals surface area contributed by atoms with Crippen molar-refractivity contribution in [3.63, 3.8) is 0 Å². The zero-order valence-corrected chi connectivity index (χ0v) is 12.9. The predicted octanol–water partition coefficient (Wildman–Crippen LogP) is 5.35. The molecule has 1 nitrogen and oxygen atoms in total. The van der Waals surface area contributed by atoms with Crippen LogP contribution in [0.4, 0.5) is 4.39 Å². The monoisotopic (exact) mass is 285 g/mol. The smallest absolute Gasteiger partial charge is 0.146 e. The van der Waals surface area contributed by atoms with Gasteiger partial charge in [0.1, 0.15) is 5.82 Å². The fourth-order valence-electron chi connectivity index (χ4n) is 2.38. The molecule has 0 heterocycles. The summed E-state index contributed by atoms with van der Waals surface area (Å²) in [6.07, 6.45) is 4.26. The molecular weight excluding hydrogens is 261 g/mol. The molecule has 0 saturated carbocycles. The summed E-state index contributed by atoms with van der Waals surface area (Å²) in [6, 6.07) is 5.34. The van der Waals surface area contributed by atoms with E-state index in [0.717, 1.165) is 32.2 Å². The van der Waals surface area contributed by atoms with Gasteiger partial charge in [-0.1, -0.05) is 57.3 Å². The molecule has 108 valence electrons. The summed E-state index contributed by atoms with van der Waals surface area (Å²) in [5, 5.41) is 3.67. The van der Waals surface area contributed by atoms with Gasteiger partial charge in [-0.3, -0.25) is 0 Å². The van der Waals surface area contributed by atoms with Crippen LogP contribution in [-0.2, 0) is 0 Å². The Hall–Kier alpha value is -0.600. The maximum atomic E-state index is 14.2. The Bertz CT molecular complexity index is 377. The second-order valence-corrected chi connectivity index (χ2v) is 5.48. The Morgan fingerprint density at radius 1 is 1.21 bits per heavy atom. The number of hydrogen-bond acceptors (Lipinski definition) is 1. The van der Waals surface area contributed by atoms with Gasteiger partial charge >= 0.3 is 0 Å². The van der Waals surface area contributed by atoms with Crippen LogP contribution < -0.4 is 5.32 Å². The highest BCUT2D eigenvalue weighted by Crippen LogP contribution is 2.29. The van der Waals surface area contributed by atoms with Crippen LogP contribution in [0.15, 0.2) is 18.2 Å². The molecule has 0 aliphatic carbocycles. The third-order valence-electron chi connectivity index (χ3n) is 3.72. The van der Waals surface area contributed by atoms with E-state index in [2.05, 4.69) is 26.1 Å². The first kappa shape index (κ1) is 16.5. The number of hydrogen-bond donors (Lipinski definition) is 1. The summed E-state index contributed by atoms with van der Waals surface area (Å²) in [7, 11) is 0. The topological polar surface area (TPSA) is 12.0 Å². The van der Waals surface area contributed by atoms with Gasteiger partial charge in [-0.15, -0.1) is 0 Å². The van der Waals surface area contributed by atoms with Crippen LogP contribution >= 0.6 is 11.6 Å². The molecule has 1 N–H and O–H groups in total.